The number of aromatic amines is 1. The normalized spacial score (nSPS) is 17.8. The van der Waals surface area contributed by atoms with Gasteiger partial charge in [0.15, 0.2) is 0 Å². The number of anilines is 1. The van der Waals surface area contributed by atoms with E-state index < -0.39 is 0 Å². The van der Waals surface area contributed by atoms with Gasteiger partial charge in [-0.05, 0) is 68.5 Å². The lowest BCUT2D eigenvalue weighted by atomic mass is 9.95. The Morgan fingerprint density at radius 2 is 1.83 bits per heavy atom. The van der Waals surface area contributed by atoms with E-state index in [-0.39, 0.29) is 11.7 Å². The first kappa shape index (κ1) is 19.1. The van der Waals surface area contributed by atoms with Crippen LogP contribution in [0.15, 0.2) is 36.4 Å². The van der Waals surface area contributed by atoms with Gasteiger partial charge in [-0.15, -0.1) is 0 Å². The Morgan fingerprint density at radius 3 is 2.60 bits per heavy atom. The number of carbonyl (C=O) groups is 1. The third-order valence-corrected chi connectivity index (χ3v) is 6.47. The van der Waals surface area contributed by atoms with Gasteiger partial charge in [-0.2, -0.15) is 0 Å². The zero-order valence-corrected chi connectivity index (χ0v) is 17.3. The predicted molar refractivity (Wildman–Crippen MR) is 117 cm³/mol. The van der Waals surface area contributed by atoms with Gasteiger partial charge in [0.1, 0.15) is 11.6 Å². The van der Waals surface area contributed by atoms with Crippen LogP contribution in [0, 0.1) is 18.7 Å². The summed E-state index contributed by atoms with van der Waals surface area (Å²) in [5, 5.41) is 0. The topological polar surface area (TPSA) is 52.2 Å². The summed E-state index contributed by atoms with van der Waals surface area (Å²) in [6, 6.07) is 11.2. The Balaban J connectivity index is 1.34. The molecule has 0 bridgehead atoms. The SMILES string of the molecule is Cc1ccc2[nH]c(-c3cc(N4CCC(C(=O)N5CCCC5)CC4)ccc3F)nc2c1. The van der Waals surface area contributed by atoms with Crippen LogP contribution in [0.1, 0.15) is 31.2 Å². The summed E-state index contributed by atoms with van der Waals surface area (Å²) in [7, 11) is 0. The van der Waals surface area contributed by atoms with Crippen LogP contribution in [-0.4, -0.2) is 47.0 Å². The number of likely N-dealkylation sites (tertiary alicyclic amines) is 1. The highest BCUT2D eigenvalue weighted by molar-refractivity contribution is 5.81. The van der Waals surface area contributed by atoms with Crippen LogP contribution in [-0.2, 0) is 4.79 Å². The van der Waals surface area contributed by atoms with Crippen LogP contribution in [0.25, 0.3) is 22.4 Å². The maximum absolute atomic E-state index is 14.6. The fraction of sp³-hybridized carbons (Fsp3) is 0.417. The molecule has 3 heterocycles. The number of nitrogens with one attached hydrogen (secondary N) is 1. The van der Waals surface area contributed by atoms with E-state index in [1.807, 2.05) is 42.2 Å². The lowest BCUT2D eigenvalue weighted by Crippen LogP contribution is -2.41. The molecule has 2 saturated heterocycles. The minimum absolute atomic E-state index is 0.123. The molecule has 0 atom stereocenters. The van der Waals surface area contributed by atoms with Gasteiger partial charge in [0.05, 0.1) is 16.6 Å². The molecule has 1 N–H and O–H groups in total. The van der Waals surface area contributed by atoms with E-state index in [0.717, 1.165) is 74.1 Å². The van der Waals surface area contributed by atoms with E-state index in [1.54, 1.807) is 0 Å². The minimum Gasteiger partial charge on any atom is -0.371 e. The second kappa shape index (κ2) is 7.74. The van der Waals surface area contributed by atoms with Gasteiger partial charge in [-0.1, -0.05) is 6.07 Å². The van der Waals surface area contributed by atoms with Crippen LogP contribution in [0.2, 0.25) is 0 Å². The Hall–Kier alpha value is -2.89. The van der Waals surface area contributed by atoms with Crippen molar-refractivity contribution >= 4 is 22.6 Å². The molecule has 2 aliphatic rings. The van der Waals surface area contributed by atoms with Gasteiger partial charge < -0.3 is 14.8 Å². The number of aryl methyl sites for hydroxylation is 1. The molecule has 0 spiro atoms. The number of piperidine rings is 1. The number of amides is 1. The van der Waals surface area contributed by atoms with Gasteiger partial charge >= 0.3 is 0 Å². The number of H-pyrrole nitrogens is 1. The van der Waals surface area contributed by atoms with E-state index >= 15 is 0 Å². The van der Waals surface area contributed by atoms with Crippen LogP contribution in [0.5, 0.6) is 0 Å². The number of aromatic nitrogens is 2. The van der Waals surface area contributed by atoms with E-state index in [4.69, 9.17) is 0 Å². The molecule has 2 fully saturated rings. The number of rotatable bonds is 3. The summed E-state index contributed by atoms with van der Waals surface area (Å²) in [6.45, 7) is 5.48. The Labute approximate surface area is 175 Å². The summed E-state index contributed by atoms with van der Waals surface area (Å²) in [4.78, 5) is 24.8. The van der Waals surface area contributed by atoms with Crippen molar-refractivity contribution in [3.63, 3.8) is 0 Å². The van der Waals surface area contributed by atoms with Crippen LogP contribution >= 0.6 is 0 Å². The van der Waals surface area contributed by atoms with Crippen molar-refractivity contribution in [1.29, 1.82) is 0 Å². The molecule has 156 valence electrons. The van der Waals surface area contributed by atoms with Gasteiger partial charge in [0, 0.05) is 37.8 Å². The van der Waals surface area contributed by atoms with Gasteiger partial charge in [-0.25, -0.2) is 9.37 Å². The first-order valence-corrected chi connectivity index (χ1v) is 10.9. The van der Waals surface area contributed by atoms with Crippen molar-refractivity contribution in [3.05, 3.63) is 47.8 Å². The third kappa shape index (κ3) is 3.55. The van der Waals surface area contributed by atoms with Gasteiger partial charge in [-0.3, -0.25) is 4.79 Å². The van der Waals surface area contributed by atoms with E-state index in [9.17, 15) is 9.18 Å². The van der Waals surface area contributed by atoms with E-state index in [0.29, 0.717) is 17.3 Å². The zero-order chi connectivity index (χ0) is 20.7. The Bertz CT molecular complexity index is 1080. The molecule has 30 heavy (non-hydrogen) atoms. The van der Waals surface area contributed by atoms with E-state index in [2.05, 4.69) is 14.9 Å². The Kier molecular flexibility index (Phi) is 4.93. The van der Waals surface area contributed by atoms with Crippen molar-refractivity contribution in [2.75, 3.05) is 31.1 Å². The highest BCUT2D eigenvalue weighted by Gasteiger charge is 2.30. The predicted octanol–water partition coefficient (Wildman–Crippen LogP) is 4.52. The molecule has 1 aromatic heterocycles. The maximum atomic E-state index is 14.6. The second-order valence-electron chi connectivity index (χ2n) is 8.56. The zero-order valence-electron chi connectivity index (χ0n) is 17.3. The summed E-state index contributed by atoms with van der Waals surface area (Å²) in [5.41, 5.74) is 4.34. The van der Waals surface area contributed by atoms with Crippen molar-refractivity contribution in [3.8, 4) is 11.4 Å². The third-order valence-electron chi connectivity index (χ3n) is 6.47. The van der Waals surface area contributed by atoms with Gasteiger partial charge in [0.25, 0.3) is 0 Å². The Morgan fingerprint density at radius 1 is 1.07 bits per heavy atom. The number of halogens is 1. The highest BCUT2D eigenvalue weighted by Crippen LogP contribution is 2.31. The molecule has 0 radical (unpaired) electrons. The smallest absolute Gasteiger partial charge is 0.225 e. The average molecular weight is 407 g/mol. The number of hydrogen-bond acceptors (Lipinski definition) is 3. The number of imidazole rings is 1. The standard InChI is InChI=1S/C24H27FN4O/c1-16-4-7-21-22(14-16)27-23(26-21)19-15-18(5-6-20(19)25)28-12-8-17(9-13-28)24(30)29-10-2-3-11-29/h4-7,14-15,17H,2-3,8-13H2,1H3,(H,26,27). The first-order valence-electron chi connectivity index (χ1n) is 10.9. The maximum Gasteiger partial charge on any atom is 0.225 e. The van der Waals surface area contributed by atoms with Crippen LogP contribution in [0.4, 0.5) is 10.1 Å². The molecule has 5 rings (SSSR count). The average Bonchev–Trinajstić information content (AvgIpc) is 3.43. The molecule has 2 aromatic carbocycles. The molecule has 6 heteroatoms. The quantitative estimate of drug-likeness (QED) is 0.696. The first-order chi connectivity index (χ1) is 14.6. The number of nitrogens with zero attached hydrogens (tertiary/aromatic N) is 3. The summed E-state index contributed by atoms with van der Waals surface area (Å²) in [5.74, 6) is 0.713. The lowest BCUT2D eigenvalue weighted by molar-refractivity contribution is -0.135. The molecule has 3 aromatic rings. The van der Waals surface area contributed by atoms with Crippen molar-refractivity contribution in [2.45, 2.75) is 32.6 Å². The number of carbonyl (C=O) groups excluding carboxylic acids is 1. The minimum atomic E-state index is -0.284. The molecule has 5 nitrogen and oxygen atoms in total. The summed E-state index contributed by atoms with van der Waals surface area (Å²) < 4.78 is 14.6. The largest absolute Gasteiger partial charge is 0.371 e. The van der Waals surface area contributed by atoms with Crippen molar-refractivity contribution < 1.29 is 9.18 Å². The lowest BCUT2D eigenvalue weighted by Gasteiger charge is -2.34. The number of fused-ring (bicyclic) bond motifs is 1. The molecular weight excluding hydrogens is 379 g/mol. The molecule has 0 saturated carbocycles. The summed E-state index contributed by atoms with van der Waals surface area (Å²) >= 11 is 0. The van der Waals surface area contributed by atoms with Gasteiger partial charge in [0.2, 0.25) is 5.91 Å². The van der Waals surface area contributed by atoms with Crippen LogP contribution in [0.3, 0.4) is 0 Å². The highest BCUT2D eigenvalue weighted by atomic mass is 19.1. The van der Waals surface area contributed by atoms with Crippen LogP contribution < -0.4 is 4.90 Å². The molecule has 2 aliphatic heterocycles. The fourth-order valence-electron chi connectivity index (χ4n) is 4.72. The molecule has 0 aliphatic carbocycles. The number of benzene rings is 2. The monoisotopic (exact) mass is 406 g/mol. The second-order valence-corrected chi connectivity index (χ2v) is 8.56. The molecular formula is C24H27FN4O. The molecule has 1 amide bonds. The fourth-order valence-corrected chi connectivity index (χ4v) is 4.72. The summed E-state index contributed by atoms with van der Waals surface area (Å²) in [6.07, 6.45) is 3.96. The number of hydrogen-bond donors (Lipinski definition) is 1. The van der Waals surface area contributed by atoms with Crippen molar-refractivity contribution in [1.82, 2.24) is 14.9 Å². The van der Waals surface area contributed by atoms with Crippen molar-refractivity contribution in [2.24, 2.45) is 5.92 Å². The molecule has 0 unspecified atom stereocenters. The van der Waals surface area contributed by atoms with E-state index in [1.165, 1.54) is 6.07 Å².